The summed E-state index contributed by atoms with van der Waals surface area (Å²) in [5, 5.41) is 9.82. The van der Waals surface area contributed by atoms with Gasteiger partial charge in [-0.2, -0.15) is 0 Å². The molecule has 2 aromatic rings. The van der Waals surface area contributed by atoms with Crippen LogP contribution in [0.2, 0.25) is 0 Å². The number of para-hydroxylation sites is 1. The first-order chi connectivity index (χ1) is 9.99. The molecule has 112 valence electrons. The van der Waals surface area contributed by atoms with Crippen molar-refractivity contribution in [2.45, 2.75) is 20.3 Å². The van der Waals surface area contributed by atoms with E-state index in [1.807, 2.05) is 32.0 Å². The zero-order chi connectivity index (χ0) is 15.4. The fraction of sp³-hybridized carbons (Fsp3) is 0.375. The Bertz CT molecular complexity index is 646. The van der Waals surface area contributed by atoms with Crippen LogP contribution >= 0.6 is 0 Å². The highest BCUT2D eigenvalue weighted by Crippen LogP contribution is 2.19. The topological polar surface area (TPSA) is 73.4 Å². The Morgan fingerprint density at radius 3 is 2.71 bits per heavy atom. The summed E-state index contributed by atoms with van der Waals surface area (Å²) in [6.45, 7) is 4.79. The van der Waals surface area contributed by atoms with Crippen molar-refractivity contribution in [3.8, 4) is 0 Å². The first-order valence-corrected chi connectivity index (χ1v) is 7.06. The lowest BCUT2D eigenvalue weighted by atomic mass is 10.1. The fourth-order valence-electron chi connectivity index (χ4n) is 2.38. The molecule has 0 unspecified atom stereocenters. The molecule has 0 radical (unpaired) electrons. The number of aromatic amines is 1. The fourth-order valence-corrected chi connectivity index (χ4v) is 2.38. The lowest BCUT2D eigenvalue weighted by Crippen LogP contribution is -2.36. The molecule has 2 N–H and O–H groups in total. The summed E-state index contributed by atoms with van der Waals surface area (Å²) in [5.74, 6) is -0.738. The van der Waals surface area contributed by atoms with Gasteiger partial charge in [-0.1, -0.05) is 26.0 Å². The first-order valence-electron chi connectivity index (χ1n) is 7.06. The van der Waals surface area contributed by atoms with E-state index in [0.29, 0.717) is 12.1 Å². The van der Waals surface area contributed by atoms with Gasteiger partial charge in [0, 0.05) is 24.7 Å². The molecule has 0 aliphatic heterocycles. The molecule has 5 heteroatoms. The lowest BCUT2D eigenvalue weighted by Gasteiger charge is -2.24. The van der Waals surface area contributed by atoms with Crippen LogP contribution in [0.1, 0.15) is 30.6 Å². The average Bonchev–Trinajstić information content (AvgIpc) is 2.90. The smallest absolute Gasteiger partial charge is 0.305 e. The van der Waals surface area contributed by atoms with Crippen molar-refractivity contribution in [2.75, 3.05) is 13.1 Å². The van der Waals surface area contributed by atoms with Crippen molar-refractivity contribution in [3.05, 3.63) is 36.0 Å². The van der Waals surface area contributed by atoms with Gasteiger partial charge in [0.2, 0.25) is 0 Å². The molecule has 2 rings (SSSR count). The molecular formula is C16H20N2O3. The number of nitrogens with one attached hydrogen (secondary N) is 1. The van der Waals surface area contributed by atoms with Crippen molar-refractivity contribution < 1.29 is 14.7 Å². The number of H-pyrrole nitrogens is 1. The molecule has 21 heavy (non-hydrogen) atoms. The number of benzene rings is 1. The minimum Gasteiger partial charge on any atom is -0.481 e. The van der Waals surface area contributed by atoms with Crippen molar-refractivity contribution in [1.29, 1.82) is 0 Å². The summed E-state index contributed by atoms with van der Waals surface area (Å²) < 4.78 is 0. The van der Waals surface area contributed by atoms with Crippen LogP contribution in [0.3, 0.4) is 0 Å². The molecule has 1 aromatic carbocycles. The van der Waals surface area contributed by atoms with Crippen LogP contribution in [0, 0.1) is 5.92 Å². The number of nitrogens with zero attached hydrogens (tertiary/aromatic N) is 1. The van der Waals surface area contributed by atoms with Gasteiger partial charge < -0.3 is 15.0 Å². The van der Waals surface area contributed by atoms with Gasteiger partial charge in [0.15, 0.2) is 0 Å². The molecule has 0 saturated heterocycles. The van der Waals surface area contributed by atoms with Gasteiger partial charge in [-0.15, -0.1) is 0 Å². The molecule has 0 saturated carbocycles. The number of carboxylic acid groups (broad SMARTS) is 1. The summed E-state index contributed by atoms with van der Waals surface area (Å²) in [6, 6.07) is 7.46. The van der Waals surface area contributed by atoms with Crippen molar-refractivity contribution in [2.24, 2.45) is 5.92 Å². The number of carbonyl (C=O) groups is 2. The van der Waals surface area contributed by atoms with Gasteiger partial charge in [-0.3, -0.25) is 9.59 Å². The molecule has 1 aromatic heterocycles. The summed E-state index contributed by atoms with van der Waals surface area (Å²) in [5.41, 5.74) is 1.38. The van der Waals surface area contributed by atoms with Crippen molar-refractivity contribution >= 4 is 22.8 Å². The molecule has 0 fully saturated rings. The maximum atomic E-state index is 12.7. The number of rotatable bonds is 6. The van der Waals surface area contributed by atoms with Crippen molar-refractivity contribution in [3.63, 3.8) is 0 Å². The summed E-state index contributed by atoms with van der Waals surface area (Å²) in [6.07, 6.45) is 1.75. The number of aliphatic carboxylic acids is 1. The van der Waals surface area contributed by atoms with Crippen LogP contribution in [0.5, 0.6) is 0 Å². The third-order valence-corrected chi connectivity index (χ3v) is 3.29. The Labute approximate surface area is 123 Å². The van der Waals surface area contributed by atoms with Gasteiger partial charge in [0.25, 0.3) is 5.91 Å². The Morgan fingerprint density at radius 1 is 1.29 bits per heavy atom. The number of fused-ring (bicyclic) bond motifs is 1. The SMILES string of the molecule is CC(C)CN(CCC(=O)O)C(=O)c1cccc2cc[nH]c12. The van der Waals surface area contributed by atoms with Gasteiger partial charge >= 0.3 is 5.97 Å². The van der Waals surface area contributed by atoms with E-state index >= 15 is 0 Å². The van der Waals surface area contributed by atoms with E-state index in [-0.39, 0.29) is 24.8 Å². The second-order valence-corrected chi connectivity index (χ2v) is 5.54. The lowest BCUT2D eigenvalue weighted by molar-refractivity contribution is -0.137. The van der Waals surface area contributed by atoms with Crippen molar-refractivity contribution in [1.82, 2.24) is 9.88 Å². The molecule has 0 bridgehead atoms. The Balaban J connectivity index is 2.28. The van der Waals surface area contributed by atoms with Crippen LogP contribution in [0.15, 0.2) is 30.5 Å². The number of carbonyl (C=O) groups excluding carboxylic acids is 1. The van der Waals surface area contributed by atoms with Gasteiger partial charge in [0.05, 0.1) is 17.5 Å². The molecule has 0 spiro atoms. The third-order valence-electron chi connectivity index (χ3n) is 3.29. The average molecular weight is 288 g/mol. The maximum Gasteiger partial charge on any atom is 0.305 e. The molecule has 0 atom stereocenters. The number of carboxylic acids is 1. The third kappa shape index (κ3) is 3.62. The van der Waals surface area contributed by atoms with Gasteiger partial charge in [-0.25, -0.2) is 0 Å². The molecule has 1 amide bonds. The zero-order valence-corrected chi connectivity index (χ0v) is 12.3. The van der Waals surface area contributed by atoms with E-state index in [2.05, 4.69) is 4.98 Å². The highest BCUT2D eigenvalue weighted by atomic mass is 16.4. The molecule has 1 heterocycles. The minimum absolute atomic E-state index is 0.0425. The quantitative estimate of drug-likeness (QED) is 0.858. The van der Waals surface area contributed by atoms with Gasteiger partial charge in [-0.05, 0) is 18.1 Å². The molecule has 5 nitrogen and oxygen atoms in total. The second-order valence-electron chi connectivity index (χ2n) is 5.54. The van der Waals surface area contributed by atoms with Crippen LogP contribution in [0.4, 0.5) is 0 Å². The number of hydrogen-bond acceptors (Lipinski definition) is 2. The monoisotopic (exact) mass is 288 g/mol. The Kier molecular flexibility index (Phi) is 4.62. The molecule has 0 aliphatic carbocycles. The van der Waals surface area contributed by atoms with E-state index < -0.39 is 5.97 Å². The Hall–Kier alpha value is -2.30. The van der Waals surface area contributed by atoms with Crippen LogP contribution in [-0.4, -0.2) is 40.0 Å². The Morgan fingerprint density at radius 2 is 2.05 bits per heavy atom. The van der Waals surface area contributed by atoms with Crippen LogP contribution in [0.25, 0.3) is 10.9 Å². The van der Waals surface area contributed by atoms with E-state index in [4.69, 9.17) is 5.11 Å². The second kappa shape index (κ2) is 6.43. The summed E-state index contributed by atoms with van der Waals surface area (Å²) in [4.78, 5) is 28.2. The standard InChI is InChI=1S/C16H20N2O3/c1-11(2)10-18(9-7-14(19)20)16(21)13-5-3-4-12-6-8-17-15(12)13/h3-6,8,11,17H,7,9-10H2,1-2H3,(H,19,20). The number of hydrogen-bond donors (Lipinski definition) is 2. The summed E-state index contributed by atoms with van der Waals surface area (Å²) >= 11 is 0. The van der Waals surface area contributed by atoms with E-state index in [1.54, 1.807) is 17.2 Å². The zero-order valence-electron chi connectivity index (χ0n) is 12.3. The first kappa shape index (κ1) is 15.1. The maximum absolute atomic E-state index is 12.7. The van der Waals surface area contributed by atoms with Gasteiger partial charge in [0.1, 0.15) is 0 Å². The van der Waals surface area contributed by atoms with E-state index in [9.17, 15) is 9.59 Å². The van der Waals surface area contributed by atoms with E-state index in [0.717, 1.165) is 10.9 Å². The normalized spacial score (nSPS) is 11.0. The van der Waals surface area contributed by atoms with Crippen LogP contribution in [-0.2, 0) is 4.79 Å². The predicted octanol–water partition coefficient (Wildman–Crippen LogP) is 2.74. The largest absolute Gasteiger partial charge is 0.481 e. The molecule has 0 aliphatic rings. The predicted molar refractivity (Wildman–Crippen MR) is 81.3 cm³/mol. The highest BCUT2D eigenvalue weighted by Gasteiger charge is 2.20. The van der Waals surface area contributed by atoms with E-state index in [1.165, 1.54) is 0 Å². The summed E-state index contributed by atoms with van der Waals surface area (Å²) in [7, 11) is 0. The number of amides is 1. The minimum atomic E-state index is -0.894. The van der Waals surface area contributed by atoms with Crippen LogP contribution < -0.4 is 0 Å². The highest BCUT2D eigenvalue weighted by molar-refractivity contribution is 6.05. The number of aromatic nitrogens is 1. The molecular weight excluding hydrogens is 268 g/mol.